The van der Waals surface area contributed by atoms with E-state index in [0.29, 0.717) is 11.8 Å². The van der Waals surface area contributed by atoms with Crippen molar-refractivity contribution in [1.29, 1.82) is 0 Å². The van der Waals surface area contributed by atoms with E-state index < -0.39 is 0 Å². The summed E-state index contributed by atoms with van der Waals surface area (Å²) in [6.45, 7) is 22.2. The van der Waals surface area contributed by atoms with Gasteiger partial charge in [0.1, 0.15) is 0 Å². The Morgan fingerprint density at radius 3 is 1.98 bits per heavy atom. The molecule has 0 N–H and O–H groups in total. The number of thiophene rings is 2. The van der Waals surface area contributed by atoms with Gasteiger partial charge in [0.2, 0.25) is 0 Å². The lowest BCUT2D eigenvalue weighted by molar-refractivity contribution is 0.325. The molecule has 0 aliphatic heterocycles. The fraction of sp³-hybridized carbons (Fsp3) is 0.186. The van der Waals surface area contributed by atoms with Crippen molar-refractivity contribution in [2.75, 3.05) is 0 Å². The monoisotopic (exact) mass is 837 g/mol. The van der Waals surface area contributed by atoms with Crippen LogP contribution in [0, 0.1) is 24.7 Å². The normalized spacial score (nSPS) is 16.3. The van der Waals surface area contributed by atoms with Gasteiger partial charge in [-0.25, -0.2) is 0 Å². The number of hydrogen-bond donors (Lipinski definition) is 0. The van der Waals surface area contributed by atoms with Gasteiger partial charge in [-0.3, -0.25) is 0 Å². The Hall–Kier alpha value is -6.00. The van der Waals surface area contributed by atoms with Crippen molar-refractivity contribution in [3.8, 4) is 11.1 Å². The number of aryl methyl sites for hydroxylation is 1. The van der Waals surface area contributed by atoms with E-state index in [2.05, 4.69) is 185 Å². The molecule has 3 unspecified atom stereocenters. The maximum absolute atomic E-state index is 5.23. The molecule has 304 valence electrons. The van der Waals surface area contributed by atoms with Crippen molar-refractivity contribution in [2.24, 2.45) is 17.8 Å². The number of para-hydroxylation sites is 1. The number of rotatable bonds is 8. The van der Waals surface area contributed by atoms with Crippen molar-refractivity contribution < 1.29 is 0 Å². The molecule has 0 radical (unpaired) electrons. The van der Waals surface area contributed by atoms with Gasteiger partial charge in [0.15, 0.2) is 0 Å². The summed E-state index contributed by atoms with van der Waals surface area (Å²) in [6.07, 6.45) is 1.98. The molecule has 0 fully saturated rings. The van der Waals surface area contributed by atoms with Gasteiger partial charge in [-0.05, 0) is 130 Å². The Morgan fingerprint density at radius 1 is 0.645 bits per heavy atom. The van der Waals surface area contributed by atoms with Crippen molar-refractivity contribution in [3.63, 3.8) is 0 Å². The molecule has 0 amide bonds. The van der Waals surface area contributed by atoms with Crippen molar-refractivity contribution in [2.45, 2.75) is 53.4 Å². The number of fused-ring (bicyclic) bond motifs is 14. The zero-order chi connectivity index (χ0) is 42.4. The molecule has 0 saturated heterocycles. The minimum Gasteiger partial charge on any atom is -0.310 e. The Bertz CT molecular complexity index is 3490. The highest BCUT2D eigenvalue weighted by atomic mass is 32.1. The SMILES string of the molecule is C=C(/C(=C(\C(=C)n1c2ccccc2c2c3c(ccc21)sc1ccccc13)C(C)C)c1ccccc1C)C(CC)C1Cc2ccccc2-c2c(ccc3sc4ccccc4c23)C1C. The molecule has 7 aromatic carbocycles. The highest BCUT2D eigenvalue weighted by Crippen LogP contribution is 2.53. The number of allylic oxidation sites excluding steroid dienone is 4. The van der Waals surface area contributed by atoms with Crippen LogP contribution in [0.15, 0.2) is 170 Å². The first-order valence-electron chi connectivity index (χ1n) is 22.3. The highest BCUT2D eigenvalue weighted by molar-refractivity contribution is 7.26. The van der Waals surface area contributed by atoms with Crippen molar-refractivity contribution in [1.82, 2.24) is 4.57 Å². The molecule has 0 bridgehead atoms. The predicted octanol–water partition coefficient (Wildman–Crippen LogP) is 17.6. The van der Waals surface area contributed by atoms with E-state index in [1.807, 2.05) is 22.7 Å². The summed E-state index contributed by atoms with van der Waals surface area (Å²) in [5.41, 5.74) is 15.4. The van der Waals surface area contributed by atoms with Crippen LogP contribution in [0.3, 0.4) is 0 Å². The van der Waals surface area contributed by atoms with Crippen LogP contribution in [0.4, 0.5) is 0 Å². The van der Waals surface area contributed by atoms with Gasteiger partial charge in [-0.1, -0.05) is 150 Å². The molecule has 0 saturated carbocycles. The van der Waals surface area contributed by atoms with Gasteiger partial charge in [0.05, 0.1) is 11.0 Å². The van der Waals surface area contributed by atoms with Gasteiger partial charge in [-0.2, -0.15) is 0 Å². The quantitative estimate of drug-likeness (QED) is 0.134. The first-order chi connectivity index (χ1) is 30.2. The minimum absolute atomic E-state index is 0.168. The van der Waals surface area contributed by atoms with Gasteiger partial charge in [0.25, 0.3) is 0 Å². The molecular weight excluding hydrogens is 787 g/mol. The van der Waals surface area contributed by atoms with Crippen LogP contribution in [-0.4, -0.2) is 4.57 Å². The minimum atomic E-state index is 0.168. The molecule has 0 spiro atoms. The lowest BCUT2D eigenvalue weighted by atomic mass is 9.69. The van der Waals surface area contributed by atoms with Gasteiger partial charge in [-0.15, -0.1) is 22.7 Å². The second kappa shape index (κ2) is 15.1. The first-order valence-corrected chi connectivity index (χ1v) is 23.9. The molecular formula is C59H51NS2. The zero-order valence-electron chi connectivity index (χ0n) is 36.3. The van der Waals surface area contributed by atoms with Crippen LogP contribution < -0.4 is 0 Å². The Morgan fingerprint density at radius 2 is 1.26 bits per heavy atom. The Balaban J connectivity index is 1.13. The lowest BCUT2D eigenvalue weighted by Gasteiger charge is -2.35. The fourth-order valence-electron chi connectivity index (χ4n) is 11.4. The molecule has 1 aliphatic rings. The van der Waals surface area contributed by atoms with E-state index >= 15 is 0 Å². The van der Waals surface area contributed by atoms with Crippen molar-refractivity contribution in [3.05, 3.63) is 192 Å². The van der Waals surface area contributed by atoms with Gasteiger partial charge < -0.3 is 4.57 Å². The molecule has 1 nitrogen and oxygen atoms in total. The second-order valence-electron chi connectivity index (χ2n) is 17.8. The topological polar surface area (TPSA) is 4.93 Å². The summed E-state index contributed by atoms with van der Waals surface area (Å²) in [6, 6.07) is 54.5. The molecule has 3 aromatic heterocycles. The Labute approximate surface area is 373 Å². The van der Waals surface area contributed by atoms with Crippen LogP contribution >= 0.6 is 22.7 Å². The summed E-state index contributed by atoms with van der Waals surface area (Å²) in [5, 5.41) is 8.00. The fourth-order valence-corrected chi connectivity index (χ4v) is 13.6. The molecule has 11 rings (SSSR count). The average Bonchev–Trinajstić information content (AvgIpc) is 3.95. The third-order valence-corrected chi connectivity index (χ3v) is 16.5. The van der Waals surface area contributed by atoms with E-state index in [1.54, 1.807) is 0 Å². The molecule has 3 heterocycles. The maximum atomic E-state index is 5.23. The van der Waals surface area contributed by atoms with E-state index in [-0.39, 0.29) is 11.8 Å². The largest absolute Gasteiger partial charge is 0.310 e. The zero-order valence-corrected chi connectivity index (χ0v) is 37.9. The smallest absolute Gasteiger partial charge is 0.0548 e. The van der Waals surface area contributed by atoms with Crippen LogP contribution in [0.5, 0.6) is 0 Å². The lowest BCUT2D eigenvalue weighted by Crippen LogP contribution is -2.25. The maximum Gasteiger partial charge on any atom is 0.0548 e. The summed E-state index contributed by atoms with van der Waals surface area (Å²) < 4.78 is 7.83. The molecule has 3 heteroatoms. The number of nitrogens with zero attached hydrogens (tertiary/aromatic N) is 1. The van der Waals surface area contributed by atoms with E-state index in [1.165, 1.54) is 112 Å². The number of hydrogen-bond acceptors (Lipinski definition) is 2. The van der Waals surface area contributed by atoms with Crippen LogP contribution in [0.2, 0.25) is 0 Å². The third kappa shape index (κ3) is 5.85. The first kappa shape index (κ1) is 38.9. The average molecular weight is 838 g/mol. The third-order valence-electron chi connectivity index (χ3n) is 14.2. The van der Waals surface area contributed by atoms with Gasteiger partial charge in [0, 0.05) is 56.8 Å². The van der Waals surface area contributed by atoms with Crippen LogP contribution in [-0.2, 0) is 6.42 Å². The second-order valence-corrected chi connectivity index (χ2v) is 20.0. The number of benzene rings is 7. The standard InChI is InChI=1S/C59H51NS2/c1-8-40(47-33-39-20-10-12-22-43(39)56-42(36(47)5)29-31-52-58(56)45-24-14-17-27-50(45)61-52)37(6)55(41-21-11-9-19-35(41)4)54(34(2)3)38(7)60-48-26-16-13-23-44(48)57-49(60)30-32-53-59(57)46-25-15-18-28-51(46)62-53/h9-32,34,36,40,47H,6-8,33H2,1-5H3/b55-54+. The number of aromatic nitrogens is 1. The summed E-state index contributed by atoms with van der Waals surface area (Å²) in [7, 11) is 0. The summed E-state index contributed by atoms with van der Waals surface area (Å²) in [4.78, 5) is 0. The predicted molar refractivity (Wildman–Crippen MR) is 274 cm³/mol. The summed E-state index contributed by atoms with van der Waals surface area (Å²) in [5.74, 6) is 1.00. The van der Waals surface area contributed by atoms with E-state index in [0.717, 1.165) is 18.5 Å². The molecule has 62 heavy (non-hydrogen) atoms. The van der Waals surface area contributed by atoms with Crippen LogP contribution in [0.1, 0.15) is 62.3 Å². The van der Waals surface area contributed by atoms with E-state index in [4.69, 9.17) is 13.2 Å². The van der Waals surface area contributed by atoms with Crippen molar-refractivity contribution >= 4 is 96.1 Å². The van der Waals surface area contributed by atoms with Crippen LogP contribution in [0.25, 0.3) is 84.5 Å². The summed E-state index contributed by atoms with van der Waals surface area (Å²) >= 11 is 3.80. The Kier molecular flexibility index (Phi) is 9.48. The van der Waals surface area contributed by atoms with Gasteiger partial charge >= 0.3 is 0 Å². The molecule has 10 aromatic rings. The van der Waals surface area contributed by atoms with E-state index in [9.17, 15) is 0 Å². The molecule has 1 aliphatic carbocycles. The molecule has 3 atom stereocenters. The highest BCUT2D eigenvalue weighted by Gasteiger charge is 2.37.